The first kappa shape index (κ1) is 26.7. The minimum absolute atomic E-state index is 0. The summed E-state index contributed by atoms with van der Waals surface area (Å²) in [5, 5.41) is 0.820. The van der Waals surface area contributed by atoms with E-state index < -0.39 is 0 Å². The van der Waals surface area contributed by atoms with Crippen LogP contribution in [-0.2, 0) is 11.2 Å². The van der Waals surface area contributed by atoms with Crippen LogP contribution in [0.4, 0.5) is 5.13 Å². The number of rotatable bonds is 11. The first-order chi connectivity index (χ1) is 15.0. The highest BCUT2D eigenvalue weighted by Crippen LogP contribution is 2.30. The van der Waals surface area contributed by atoms with Crippen molar-refractivity contribution in [2.45, 2.75) is 45.4 Å². The molecule has 0 atom stereocenters. The van der Waals surface area contributed by atoms with Crippen LogP contribution in [0.25, 0.3) is 10.2 Å². The number of nitrogens with zero attached hydrogens (tertiary/aromatic N) is 3. The van der Waals surface area contributed by atoms with Gasteiger partial charge in [-0.05, 0) is 56.3 Å². The number of benzene rings is 2. The lowest BCUT2D eigenvalue weighted by Gasteiger charge is -2.24. The zero-order chi connectivity index (χ0) is 22.2. The van der Waals surface area contributed by atoms with Crippen LogP contribution in [0.1, 0.15) is 38.3 Å². The van der Waals surface area contributed by atoms with Gasteiger partial charge in [0.25, 0.3) is 0 Å². The highest BCUT2D eigenvalue weighted by molar-refractivity contribution is 7.99. The molecule has 0 fully saturated rings. The van der Waals surface area contributed by atoms with Crippen LogP contribution in [0.15, 0.2) is 47.4 Å². The van der Waals surface area contributed by atoms with Crippen molar-refractivity contribution >= 4 is 56.8 Å². The lowest BCUT2D eigenvalue weighted by atomic mass is 10.2. The maximum absolute atomic E-state index is 13.2. The molecule has 0 aliphatic heterocycles. The predicted molar refractivity (Wildman–Crippen MR) is 143 cm³/mol. The number of aryl methyl sites for hydroxylation is 2. The van der Waals surface area contributed by atoms with Crippen molar-refractivity contribution in [1.82, 2.24) is 9.88 Å². The molecule has 0 unspecified atom stereocenters. The molecular formula is C25H34ClN3OS2. The van der Waals surface area contributed by atoms with E-state index in [0.29, 0.717) is 13.0 Å². The van der Waals surface area contributed by atoms with Crippen molar-refractivity contribution < 1.29 is 4.79 Å². The Bertz CT molecular complexity index is 987. The molecule has 0 N–H and O–H groups in total. The van der Waals surface area contributed by atoms with Gasteiger partial charge in [0.05, 0.1) is 10.2 Å². The zero-order valence-corrected chi connectivity index (χ0v) is 21.9. The quantitative estimate of drug-likeness (QED) is 0.289. The Balaban J connectivity index is 0.00000363. The largest absolute Gasteiger partial charge is 0.302 e. The van der Waals surface area contributed by atoms with Gasteiger partial charge < -0.3 is 4.90 Å². The summed E-state index contributed by atoms with van der Waals surface area (Å²) in [4.78, 5) is 23.5. The van der Waals surface area contributed by atoms with Gasteiger partial charge in [-0.1, -0.05) is 55.9 Å². The van der Waals surface area contributed by atoms with Gasteiger partial charge in [-0.25, -0.2) is 4.98 Å². The van der Waals surface area contributed by atoms with Gasteiger partial charge in [0, 0.05) is 30.2 Å². The second-order valence-corrected chi connectivity index (χ2v) is 9.81. The second kappa shape index (κ2) is 13.2. The Morgan fingerprint density at radius 2 is 1.75 bits per heavy atom. The molecule has 174 valence electrons. The van der Waals surface area contributed by atoms with E-state index in [1.54, 1.807) is 23.1 Å². The number of carbonyl (C=O) groups excluding carboxylic acids is 1. The molecule has 4 nitrogen and oxygen atoms in total. The van der Waals surface area contributed by atoms with Crippen molar-refractivity contribution in [3.05, 3.63) is 53.6 Å². The predicted octanol–water partition coefficient (Wildman–Crippen LogP) is 6.45. The van der Waals surface area contributed by atoms with Gasteiger partial charge in [-0.15, -0.1) is 24.2 Å². The van der Waals surface area contributed by atoms with Crippen molar-refractivity contribution in [3.63, 3.8) is 0 Å². The van der Waals surface area contributed by atoms with Gasteiger partial charge >= 0.3 is 0 Å². The number of amides is 1. The summed E-state index contributed by atoms with van der Waals surface area (Å²) in [5.41, 5.74) is 3.54. The van der Waals surface area contributed by atoms with Gasteiger partial charge in [0.1, 0.15) is 0 Å². The number of likely N-dealkylation sites (N-methyl/N-ethyl adjacent to an activating group) is 1. The highest BCUT2D eigenvalue weighted by atomic mass is 35.5. The second-order valence-electron chi connectivity index (χ2n) is 7.64. The Hall–Kier alpha value is -1.60. The Kier molecular flexibility index (Phi) is 11.0. The highest BCUT2D eigenvalue weighted by Gasteiger charge is 2.20. The van der Waals surface area contributed by atoms with Crippen LogP contribution < -0.4 is 4.90 Å². The van der Waals surface area contributed by atoms with E-state index in [9.17, 15) is 4.79 Å². The number of aromatic nitrogens is 1. The molecule has 0 aliphatic rings. The molecule has 7 heteroatoms. The molecule has 1 amide bonds. The summed E-state index contributed by atoms with van der Waals surface area (Å²) in [6.45, 7) is 12.1. The number of anilines is 1. The minimum Gasteiger partial charge on any atom is -0.302 e. The van der Waals surface area contributed by atoms with Crippen LogP contribution in [0.3, 0.4) is 0 Å². The van der Waals surface area contributed by atoms with E-state index in [0.717, 1.165) is 47.2 Å². The van der Waals surface area contributed by atoms with Crippen molar-refractivity contribution in [2.24, 2.45) is 0 Å². The van der Waals surface area contributed by atoms with Gasteiger partial charge in [0.15, 0.2) is 5.13 Å². The maximum atomic E-state index is 13.2. The first-order valence-corrected chi connectivity index (χ1v) is 13.0. The summed E-state index contributed by atoms with van der Waals surface area (Å²) in [7, 11) is 0. The third-order valence-corrected chi connectivity index (χ3v) is 7.58. The molecule has 2 aromatic carbocycles. The summed E-state index contributed by atoms with van der Waals surface area (Å²) in [6, 6.07) is 14.9. The molecule has 3 aromatic rings. The van der Waals surface area contributed by atoms with Crippen LogP contribution in [0, 0.1) is 6.92 Å². The van der Waals surface area contributed by atoms with E-state index in [-0.39, 0.29) is 18.3 Å². The SMILES string of the molecule is CCc1ccc2nc(N(CCN(CC)CC)C(=O)CCSc3ccc(C)cc3)sc2c1.Cl. The average Bonchev–Trinajstić information content (AvgIpc) is 3.20. The molecule has 0 bridgehead atoms. The smallest absolute Gasteiger partial charge is 0.229 e. The molecule has 0 saturated carbocycles. The molecule has 32 heavy (non-hydrogen) atoms. The first-order valence-electron chi connectivity index (χ1n) is 11.2. The number of hydrogen-bond acceptors (Lipinski definition) is 5. The number of hydrogen-bond donors (Lipinski definition) is 0. The lowest BCUT2D eigenvalue weighted by Crippen LogP contribution is -2.39. The Morgan fingerprint density at radius 1 is 1.03 bits per heavy atom. The number of halogens is 1. The van der Waals surface area contributed by atoms with Crippen molar-refractivity contribution in [3.8, 4) is 0 Å². The summed E-state index contributed by atoms with van der Waals surface area (Å²) >= 11 is 3.37. The monoisotopic (exact) mass is 491 g/mol. The molecule has 1 heterocycles. The van der Waals surface area contributed by atoms with Crippen molar-refractivity contribution in [1.29, 1.82) is 0 Å². The van der Waals surface area contributed by atoms with E-state index in [2.05, 4.69) is 75.1 Å². The Morgan fingerprint density at radius 3 is 2.41 bits per heavy atom. The summed E-state index contributed by atoms with van der Waals surface area (Å²) in [5.74, 6) is 0.927. The summed E-state index contributed by atoms with van der Waals surface area (Å²) in [6.07, 6.45) is 1.51. The summed E-state index contributed by atoms with van der Waals surface area (Å²) < 4.78 is 1.16. The number of thiazole rings is 1. The van der Waals surface area contributed by atoms with Crippen LogP contribution in [-0.4, -0.2) is 47.7 Å². The fourth-order valence-electron chi connectivity index (χ4n) is 3.43. The standard InChI is InChI=1S/C25H33N3OS2.ClH/c1-5-20-10-13-22-23(18-20)31-25(26-22)28(16-15-27(6-2)7-3)24(29)14-17-30-21-11-8-19(4)9-12-21;/h8-13,18H,5-7,14-17H2,1-4H3;1H. The van der Waals surface area contributed by atoms with E-state index in [1.165, 1.54) is 16.0 Å². The number of carbonyl (C=O) groups is 1. The molecule has 3 rings (SSSR count). The van der Waals surface area contributed by atoms with E-state index >= 15 is 0 Å². The average molecular weight is 492 g/mol. The Labute approximate surface area is 206 Å². The van der Waals surface area contributed by atoms with Crippen molar-refractivity contribution in [2.75, 3.05) is 36.8 Å². The third-order valence-electron chi connectivity index (χ3n) is 5.52. The van der Waals surface area contributed by atoms with Crippen LogP contribution >= 0.6 is 35.5 Å². The lowest BCUT2D eigenvalue weighted by molar-refractivity contribution is -0.118. The normalized spacial score (nSPS) is 11.0. The van der Waals surface area contributed by atoms with Gasteiger partial charge in [0.2, 0.25) is 5.91 Å². The minimum atomic E-state index is 0. The van der Waals surface area contributed by atoms with E-state index in [4.69, 9.17) is 4.98 Å². The molecular weight excluding hydrogens is 458 g/mol. The fraction of sp³-hybridized carbons (Fsp3) is 0.440. The van der Waals surface area contributed by atoms with Crippen LogP contribution in [0.2, 0.25) is 0 Å². The zero-order valence-electron chi connectivity index (χ0n) is 19.5. The van der Waals surface area contributed by atoms with Gasteiger partial charge in [-0.2, -0.15) is 0 Å². The maximum Gasteiger partial charge on any atom is 0.229 e. The number of thioether (sulfide) groups is 1. The third kappa shape index (κ3) is 7.20. The number of fused-ring (bicyclic) bond motifs is 1. The van der Waals surface area contributed by atoms with Crippen LogP contribution in [0.5, 0.6) is 0 Å². The van der Waals surface area contributed by atoms with E-state index in [1.807, 2.05) is 4.90 Å². The molecule has 1 aromatic heterocycles. The molecule has 0 aliphatic carbocycles. The topological polar surface area (TPSA) is 36.4 Å². The van der Waals surface area contributed by atoms with Gasteiger partial charge in [-0.3, -0.25) is 9.69 Å². The molecule has 0 saturated heterocycles. The fourth-order valence-corrected chi connectivity index (χ4v) is 5.34. The molecule has 0 spiro atoms. The molecule has 0 radical (unpaired) electrons.